The molecule has 0 radical (unpaired) electrons. The smallest absolute Gasteiger partial charge is 0.0844 e. The van der Waals surface area contributed by atoms with Gasteiger partial charge in [0.15, 0.2) is 0 Å². The molecular formula is C14H18ClN3. The molecule has 0 aliphatic heterocycles. The number of aryl methyl sites for hydroxylation is 2. The highest BCUT2D eigenvalue weighted by Crippen LogP contribution is 2.18. The molecule has 1 heterocycles. The van der Waals surface area contributed by atoms with Gasteiger partial charge in [-0.1, -0.05) is 29.3 Å². The topological polar surface area (TPSA) is 29.9 Å². The summed E-state index contributed by atoms with van der Waals surface area (Å²) < 4.78 is 1.94. The summed E-state index contributed by atoms with van der Waals surface area (Å²) in [6.45, 7) is 7.66. The Balaban J connectivity index is 1.92. The average Bonchev–Trinajstić information content (AvgIpc) is 2.60. The van der Waals surface area contributed by atoms with Crippen LogP contribution in [0.4, 0.5) is 5.69 Å². The lowest BCUT2D eigenvalue weighted by Gasteiger charge is -2.08. The third-order valence-corrected chi connectivity index (χ3v) is 3.54. The van der Waals surface area contributed by atoms with Gasteiger partial charge in [0.05, 0.1) is 23.0 Å². The zero-order valence-electron chi connectivity index (χ0n) is 11.0. The molecule has 1 N–H and O–H groups in total. The van der Waals surface area contributed by atoms with E-state index in [4.69, 9.17) is 11.6 Å². The highest BCUT2D eigenvalue weighted by molar-refractivity contribution is 6.31. The zero-order valence-corrected chi connectivity index (χ0v) is 11.8. The van der Waals surface area contributed by atoms with Crippen molar-refractivity contribution < 1.29 is 0 Å². The molecule has 2 rings (SSSR count). The van der Waals surface area contributed by atoms with Crippen molar-refractivity contribution >= 4 is 17.3 Å². The fourth-order valence-electron chi connectivity index (χ4n) is 1.87. The van der Waals surface area contributed by atoms with Crippen LogP contribution in [0.25, 0.3) is 0 Å². The molecule has 0 atom stereocenters. The summed E-state index contributed by atoms with van der Waals surface area (Å²) in [6.07, 6.45) is 0. The number of halogens is 1. The van der Waals surface area contributed by atoms with Gasteiger partial charge in [0.1, 0.15) is 0 Å². The van der Waals surface area contributed by atoms with Crippen LogP contribution >= 0.6 is 11.6 Å². The van der Waals surface area contributed by atoms with Gasteiger partial charge in [-0.25, -0.2) is 0 Å². The van der Waals surface area contributed by atoms with Crippen molar-refractivity contribution in [2.75, 3.05) is 11.9 Å². The van der Waals surface area contributed by atoms with Crippen molar-refractivity contribution in [2.24, 2.45) is 0 Å². The quantitative estimate of drug-likeness (QED) is 0.914. The van der Waals surface area contributed by atoms with Gasteiger partial charge in [0.2, 0.25) is 0 Å². The zero-order chi connectivity index (χ0) is 13.1. The number of anilines is 1. The Kier molecular flexibility index (Phi) is 3.92. The molecule has 4 heteroatoms. The Morgan fingerprint density at radius 2 is 1.83 bits per heavy atom. The largest absolute Gasteiger partial charge is 0.383 e. The monoisotopic (exact) mass is 263 g/mol. The lowest BCUT2D eigenvalue weighted by atomic mass is 10.2. The molecule has 2 aromatic rings. The van der Waals surface area contributed by atoms with E-state index in [0.29, 0.717) is 0 Å². The maximum Gasteiger partial charge on any atom is 0.0844 e. The van der Waals surface area contributed by atoms with Crippen molar-refractivity contribution in [2.45, 2.75) is 27.3 Å². The Labute approximate surface area is 113 Å². The molecule has 0 saturated heterocycles. The highest BCUT2D eigenvalue weighted by Gasteiger charge is 2.08. The first-order chi connectivity index (χ1) is 8.58. The molecule has 0 fully saturated rings. The lowest BCUT2D eigenvalue weighted by molar-refractivity contribution is 0.615. The molecule has 18 heavy (non-hydrogen) atoms. The van der Waals surface area contributed by atoms with E-state index in [1.807, 2.05) is 18.5 Å². The van der Waals surface area contributed by atoms with Crippen LogP contribution < -0.4 is 5.32 Å². The first-order valence-electron chi connectivity index (χ1n) is 6.08. The fourth-order valence-corrected chi connectivity index (χ4v) is 2.01. The summed E-state index contributed by atoms with van der Waals surface area (Å²) in [4.78, 5) is 0. The van der Waals surface area contributed by atoms with E-state index in [9.17, 15) is 0 Å². The third kappa shape index (κ3) is 2.85. The van der Waals surface area contributed by atoms with Crippen LogP contribution in [0.3, 0.4) is 0 Å². The van der Waals surface area contributed by atoms with Crippen LogP contribution in [0.1, 0.15) is 17.0 Å². The molecule has 0 bridgehead atoms. The van der Waals surface area contributed by atoms with Gasteiger partial charge >= 0.3 is 0 Å². The first-order valence-corrected chi connectivity index (χ1v) is 6.46. The van der Waals surface area contributed by atoms with Gasteiger partial charge in [-0.2, -0.15) is 5.10 Å². The fraction of sp³-hybridized carbons (Fsp3) is 0.357. The number of nitrogens with zero attached hydrogens (tertiary/aromatic N) is 2. The van der Waals surface area contributed by atoms with Crippen molar-refractivity contribution in [3.05, 3.63) is 46.2 Å². The number of aromatic nitrogens is 2. The Bertz CT molecular complexity index is 529. The molecule has 0 spiro atoms. The van der Waals surface area contributed by atoms with Crippen LogP contribution in [-0.2, 0) is 6.54 Å². The van der Waals surface area contributed by atoms with Crippen molar-refractivity contribution in [1.82, 2.24) is 9.78 Å². The van der Waals surface area contributed by atoms with E-state index in [2.05, 4.69) is 41.6 Å². The van der Waals surface area contributed by atoms with Gasteiger partial charge < -0.3 is 5.32 Å². The summed E-state index contributed by atoms with van der Waals surface area (Å²) >= 11 is 6.11. The number of hydrogen-bond donors (Lipinski definition) is 1. The summed E-state index contributed by atoms with van der Waals surface area (Å²) in [6, 6.07) is 8.37. The van der Waals surface area contributed by atoms with E-state index >= 15 is 0 Å². The normalized spacial score (nSPS) is 10.7. The molecule has 0 aliphatic carbocycles. The summed E-state index contributed by atoms with van der Waals surface area (Å²) in [5.74, 6) is 0. The third-order valence-electron chi connectivity index (χ3n) is 3.00. The van der Waals surface area contributed by atoms with Crippen LogP contribution in [0.15, 0.2) is 24.3 Å². The van der Waals surface area contributed by atoms with Crippen LogP contribution in [0.5, 0.6) is 0 Å². The van der Waals surface area contributed by atoms with Crippen LogP contribution in [0.2, 0.25) is 5.02 Å². The summed E-state index contributed by atoms with van der Waals surface area (Å²) in [5.41, 5.74) is 4.32. The van der Waals surface area contributed by atoms with Gasteiger partial charge in [-0.3, -0.25) is 4.68 Å². The number of rotatable bonds is 4. The lowest BCUT2D eigenvalue weighted by Crippen LogP contribution is -2.12. The van der Waals surface area contributed by atoms with Crippen molar-refractivity contribution in [1.29, 1.82) is 0 Å². The van der Waals surface area contributed by atoms with Gasteiger partial charge in [-0.05, 0) is 32.9 Å². The van der Waals surface area contributed by atoms with Gasteiger partial charge in [0.25, 0.3) is 0 Å². The molecule has 0 saturated carbocycles. The van der Waals surface area contributed by atoms with E-state index in [0.717, 1.165) is 35.2 Å². The number of nitrogens with one attached hydrogen (secondary N) is 1. The van der Waals surface area contributed by atoms with E-state index < -0.39 is 0 Å². The molecule has 1 aromatic heterocycles. The average molecular weight is 264 g/mol. The Morgan fingerprint density at radius 3 is 2.39 bits per heavy atom. The number of benzene rings is 1. The van der Waals surface area contributed by atoms with Gasteiger partial charge in [0, 0.05) is 12.2 Å². The second-order valence-electron chi connectivity index (χ2n) is 4.50. The Hall–Kier alpha value is -1.48. The molecule has 0 amide bonds. The molecule has 96 valence electrons. The minimum atomic E-state index is 0.769. The van der Waals surface area contributed by atoms with E-state index in [-0.39, 0.29) is 0 Å². The van der Waals surface area contributed by atoms with E-state index in [1.54, 1.807) is 0 Å². The maximum absolute atomic E-state index is 6.11. The molecule has 3 nitrogen and oxygen atoms in total. The second-order valence-corrected chi connectivity index (χ2v) is 4.88. The predicted octanol–water partition coefficient (Wildman–Crippen LogP) is 3.57. The van der Waals surface area contributed by atoms with Crippen molar-refractivity contribution in [3.63, 3.8) is 0 Å². The Morgan fingerprint density at radius 1 is 1.17 bits per heavy atom. The standard InChI is InChI=1S/C14H18ClN3/c1-10-4-6-13(7-5-10)16-8-9-18-12(3)14(15)11(2)17-18/h4-7,16H,8-9H2,1-3H3. The molecule has 1 aromatic carbocycles. The highest BCUT2D eigenvalue weighted by atomic mass is 35.5. The van der Waals surface area contributed by atoms with Crippen LogP contribution in [0, 0.1) is 20.8 Å². The van der Waals surface area contributed by atoms with E-state index in [1.165, 1.54) is 5.56 Å². The minimum Gasteiger partial charge on any atom is -0.383 e. The first kappa shape index (κ1) is 13.0. The van der Waals surface area contributed by atoms with Crippen LogP contribution in [-0.4, -0.2) is 16.3 Å². The maximum atomic E-state index is 6.11. The SMILES string of the molecule is Cc1ccc(NCCn2nc(C)c(Cl)c2C)cc1. The van der Waals surface area contributed by atoms with Crippen molar-refractivity contribution in [3.8, 4) is 0 Å². The molecular weight excluding hydrogens is 246 g/mol. The summed E-state index contributed by atoms with van der Waals surface area (Å²) in [5, 5.41) is 8.54. The predicted molar refractivity (Wildman–Crippen MR) is 76.4 cm³/mol. The summed E-state index contributed by atoms with van der Waals surface area (Å²) in [7, 11) is 0. The minimum absolute atomic E-state index is 0.769. The number of hydrogen-bond acceptors (Lipinski definition) is 2. The molecule has 0 unspecified atom stereocenters. The second kappa shape index (κ2) is 5.44. The van der Waals surface area contributed by atoms with Gasteiger partial charge in [-0.15, -0.1) is 0 Å². The molecule has 0 aliphatic rings.